The first-order chi connectivity index (χ1) is 23.7. The van der Waals surface area contributed by atoms with Crippen molar-refractivity contribution in [2.45, 2.75) is 122 Å². The Hall–Kier alpha value is -4.72. The number of carboxylic acids is 1. The Bertz CT molecular complexity index is 1220. The molecule has 51 heavy (non-hydrogen) atoms. The molecule has 0 bridgehead atoms. The maximum absolute atomic E-state index is 13.4. The van der Waals surface area contributed by atoms with E-state index in [1.54, 1.807) is 13.8 Å². The smallest absolute Gasteiger partial charge is 0.326 e. The molecule has 20 nitrogen and oxygen atoms in total. The number of nitrogens with one attached hydrogen (secondary N) is 5. The number of carbonyl (C=O) groups is 6. The van der Waals surface area contributed by atoms with Crippen molar-refractivity contribution in [1.82, 2.24) is 26.6 Å². The third-order valence-corrected chi connectivity index (χ3v) is 7.36. The van der Waals surface area contributed by atoms with Gasteiger partial charge in [-0.1, -0.05) is 27.7 Å². The highest BCUT2D eigenvalue weighted by Gasteiger charge is 2.34. The first-order valence-corrected chi connectivity index (χ1v) is 16.9. The molecule has 20 heteroatoms. The Kier molecular flexibility index (Phi) is 21.5. The highest BCUT2D eigenvalue weighted by atomic mass is 16.4. The van der Waals surface area contributed by atoms with Gasteiger partial charge < -0.3 is 65.5 Å². The van der Waals surface area contributed by atoms with Crippen LogP contribution in [0.2, 0.25) is 0 Å². The van der Waals surface area contributed by atoms with E-state index < -0.39 is 77.9 Å². The first kappa shape index (κ1) is 46.3. The number of carboxylic acid groups (broad SMARTS) is 1. The van der Waals surface area contributed by atoms with E-state index in [4.69, 9.17) is 28.7 Å². The molecular weight excluding hydrogens is 668 g/mol. The number of rotatable bonds is 24. The van der Waals surface area contributed by atoms with E-state index >= 15 is 0 Å². The second-order valence-corrected chi connectivity index (χ2v) is 13.2. The molecule has 0 aliphatic carbocycles. The van der Waals surface area contributed by atoms with Crippen LogP contribution in [-0.2, 0) is 28.8 Å². The van der Waals surface area contributed by atoms with Gasteiger partial charge in [-0.25, -0.2) is 4.79 Å². The van der Waals surface area contributed by atoms with Gasteiger partial charge in [0.1, 0.15) is 30.2 Å². The van der Waals surface area contributed by atoms with Crippen molar-refractivity contribution >= 4 is 47.4 Å². The Morgan fingerprint density at radius 2 is 1.02 bits per heavy atom. The van der Waals surface area contributed by atoms with Crippen LogP contribution in [0.3, 0.4) is 0 Å². The summed E-state index contributed by atoms with van der Waals surface area (Å²) in [5.74, 6) is -5.52. The molecule has 0 rings (SSSR count). The molecule has 0 aromatic heterocycles. The zero-order valence-electron chi connectivity index (χ0n) is 30.5. The number of nitrogens with zero attached hydrogens (tertiary/aromatic N) is 2. The van der Waals surface area contributed by atoms with Crippen LogP contribution in [0.1, 0.15) is 80.1 Å². The molecular formula is C31H60N12O8. The second-order valence-electron chi connectivity index (χ2n) is 13.2. The molecule has 0 saturated heterocycles. The summed E-state index contributed by atoms with van der Waals surface area (Å²) in [6.07, 6.45) is -0.193. The van der Waals surface area contributed by atoms with Gasteiger partial charge in [-0.2, -0.15) is 0 Å². The summed E-state index contributed by atoms with van der Waals surface area (Å²) in [5, 5.41) is 32.5. The fraction of sp³-hybridized carbons (Fsp3) is 0.742. The molecule has 0 saturated carbocycles. The van der Waals surface area contributed by atoms with Gasteiger partial charge in [0.25, 0.3) is 0 Å². The van der Waals surface area contributed by atoms with Crippen LogP contribution < -0.4 is 55.3 Å². The van der Waals surface area contributed by atoms with Crippen LogP contribution in [0.5, 0.6) is 0 Å². The lowest BCUT2D eigenvalue weighted by atomic mass is 10.00. The highest BCUT2D eigenvalue weighted by Crippen LogP contribution is 2.10. The van der Waals surface area contributed by atoms with Gasteiger partial charge in [0, 0.05) is 13.1 Å². The molecule has 5 amide bonds. The Balaban J connectivity index is 5.68. The Morgan fingerprint density at radius 1 is 0.588 bits per heavy atom. The quantitative estimate of drug-likeness (QED) is 0.0260. The fourth-order valence-electron chi connectivity index (χ4n) is 4.69. The molecule has 7 atom stereocenters. The minimum absolute atomic E-state index is 0.0201. The molecule has 0 spiro atoms. The molecule has 0 aliphatic heterocycles. The van der Waals surface area contributed by atoms with E-state index in [0.717, 1.165) is 0 Å². The SMILES string of the molecule is CC(C)C[C@H](NC(=O)[C@@H](NC(=O)[C@H](CC(C)C)NC(=O)[C@@H](N)CCCN=C(N)N)[C@@H](C)O)C(=O)N[C@@H](C)C(=O)N[C@@H](CCCN=C(N)N)C(=O)O. The lowest BCUT2D eigenvalue weighted by Gasteiger charge is -2.28. The summed E-state index contributed by atoms with van der Waals surface area (Å²) in [7, 11) is 0. The van der Waals surface area contributed by atoms with Crippen LogP contribution >= 0.6 is 0 Å². The molecule has 0 heterocycles. The van der Waals surface area contributed by atoms with Crippen LogP contribution in [0.25, 0.3) is 0 Å². The van der Waals surface area contributed by atoms with Gasteiger partial charge in [0.05, 0.1) is 12.1 Å². The molecule has 17 N–H and O–H groups in total. The monoisotopic (exact) mass is 728 g/mol. The number of hydrogen-bond donors (Lipinski definition) is 12. The molecule has 0 fully saturated rings. The van der Waals surface area contributed by atoms with Crippen molar-refractivity contribution in [3.05, 3.63) is 0 Å². The van der Waals surface area contributed by atoms with E-state index in [-0.39, 0.29) is 68.9 Å². The van der Waals surface area contributed by atoms with E-state index in [1.165, 1.54) is 13.8 Å². The van der Waals surface area contributed by atoms with Crippen molar-refractivity contribution < 1.29 is 39.0 Å². The number of hydrogen-bond acceptors (Lipinski definition) is 10. The summed E-state index contributed by atoms with van der Waals surface area (Å²) < 4.78 is 0. The maximum atomic E-state index is 13.4. The van der Waals surface area contributed by atoms with Gasteiger partial charge in [0.2, 0.25) is 29.5 Å². The van der Waals surface area contributed by atoms with Gasteiger partial charge in [-0.15, -0.1) is 0 Å². The number of aliphatic hydroxyl groups excluding tert-OH is 1. The van der Waals surface area contributed by atoms with Crippen molar-refractivity contribution in [1.29, 1.82) is 0 Å². The van der Waals surface area contributed by atoms with E-state index in [9.17, 15) is 39.0 Å². The minimum atomic E-state index is -1.53. The van der Waals surface area contributed by atoms with Gasteiger partial charge in [0.15, 0.2) is 11.9 Å². The number of aliphatic carboxylic acids is 1. The van der Waals surface area contributed by atoms with Crippen LogP contribution in [0.15, 0.2) is 9.98 Å². The zero-order valence-corrected chi connectivity index (χ0v) is 30.5. The highest BCUT2D eigenvalue weighted by molar-refractivity contribution is 5.96. The van der Waals surface area contributed by atoms with E-state index in [0.29, 0.717) is 6.42 Å². The van der Waals surface area contributed by atoms with Crippen molar-refractivity contribution in [2.24, 2.45) is 50.5 Å². The summed E-state index contributed by atoms with van der Waals surface area (Å²) in [4.78, 5) is 85.0. The van der Waals surface area contributed by atoms with Crippen LogP contribution in [0.4, 0.5) is 0 Å². The summed E-state index contributed by atoms with van der Waals surface area (Å²) in [6.45, 7) is 10.3. The second kappa shape index (κ2) is 23.6. The number of amides is 5. The fourth-order valence-corrected chi connectivity index (χ4v) is 4.69. The average Bonchev–Trinajstić information content (AvgIpc) is 3.01. The van der Waals surface area contributed by atoms with Crippen molar-refractivity contribution in [2.75, 3.05) is 13.1 Å². The number of aliphatic hydroxyl groups is 1. The normalized spacial score (nSPS) is 15.2. The number of aliphatic imine (C=N–C) groups is 2. The number of carbonyl (C=O) groups excluding carboxylic acids is 5. The summed E-state index contributed by atoms with van der Waals surface area (Å²) in [5.41, 5.74) is 27.1. The Morgan fingerprint density at radius 3 is 1.45 bits per heavy atom. The standard InChI is InChI=1S/C31H60N12O8/c1-15(2)13-21(26(47)39-17(5)24(45)40-20(29(50)51)10-8-12-38-31(35)36)42-28(49)23(18(6)44)43-27(48)22(14-16(3)4)41-25(46)19(32)9-7-11-37-30(33)34/h15-23,44H,7-14,32H2,1-6H3,(H,39,47)(H,40,45)(H,41,46)(H,42,49)(H,43,48)(H,50,51)(H4,33,34,37)(H4,35,36,38)/t17-,18+,19-,20-,21-,22-,23-/m0/s1. The third-order valence-electron chi connectivity index (χ3n) is 7.36. The maximum Gasteiger partial charge on any atom is 0.326 e. The lowest BCUT2D eigenvalue weighted by molar-refractivity contribution is -0.142. The summed E-state index contributed by atoms with van der Waals surface area (Å²) in [6, 6.07) is -7.29. The molecule has 292 valence electrons. The predicted molar refractivity (Wildman–Crippen MR) is 191 cm³/mol. The molecule has 0 aliphatic rings. The lowest BCUT2D eigenvalue weighted by Crippen LogP contribution is -2.61. The first-order valence-electron chi connectivity index (χ1n) is 16.9. The third kappa shape index (κ3) is 19.9. The zero-order chi connectivity index (χ0) is 39.4. The number of guanidine groups is 2. The topological polar surface area (TPSA) is 358 Å². The molecule has 0 aromatic rings. The van der Waals surface area contributed by atoms with Gasteiger partial charge >= 0.3 is 5.97 Å². The van der Waals surface area contributed by atoms with Crippen LogP contribution in [-0.4, -0.2) is 113 Å². The molecule has 0 radical (unpaired) electrons. The van der Waals surface area contributed by atoms with Gasteiger partial charge in [-0.3, -0.25) is 34.0 Å². The van der Waals surface area contributed by atoms with Crippen molar-refractivity contribution in [3.63, 3.8) is 0 Å². The van der Waals surface area contributed by atoms with E-state index in [2.05, 4.69) is 36.6 Å². The van der Waals surface area contributed by atoms with Crippen LogP contribution in [0, 0.1) is 11.8 Å². The van der Waals surface area contributed by atoms with E-state index in [1.807, 2.05) is 13.8 Å². The predicted octanol–water partition coefficient (Wildman–Crippen LogP) is -3.58. The molecule has 0 unspecified atom stereocenters. The number of nitrogens with two attached hydrogens (primary N) is 5. The molecule has 0 aromatic carbocycles. The van der Waals surface area contributed by atoms with Crippen molar-refractivity contribution in [3.8, 4) is 0 Å². The average molecular weight is 729 g/mol. The minimum Gasteiger partial charge on any atom is -0.480 e. The van der Waals surface area contributed by atoms with Gasteiger partial charge in [-0.05, 0) is 64.2 Å². The Labute approximate surface area is 298 Å². The summed E-state index contributed by atoms with van der Waals surface area (Å²) >= 11 is 0. The largest absolute Gasteiger partial charge is 0.480 e.